The number of benzene rings is 1. The van der Waals surface area contributed by atoms with Gasteiger partial charge in [0, 0.05) is 30.2 Å². The zero-order chi connectivity index (χ0) is 19.4. The van der Waals surface area contributed by atoms with Crippen LogP contribution in [0.5, 0.6) is 5.75 Å². The maximum absolute atomic E-state index is 10.6. The fourth-order valence-corrected chi connectivity index (χ4v) is 4.35. The molecule has 3 nitrogen and oxygen atoms in total. The van der Waals surface area contributed by atoms with Crippen LogP contribution in [0.2, 0.25) is 0 Å². The molecule has 0 spiro atoms. The van der Waals surface area contributed by atoms with Crippen molar-refractivity contribution in [3.8, 4) is 17.6 Å². The summed E-state index contributed by atoms with van der Waals surface area (Å²) < 4.78 is 6.29. The number of aryl methyl sites for hydroxylation is 1. The van der Waals surface area contributed by atoms with Gasteiger partial charge in [-0.15, -0.1) is 11.8 Å². The van der Waals surface area contributed by atoms with E-state index in [1.54, 1.807) is 0 Å². The van der Waals surface area contributed by atoms with Crippen LogP contribution in [0, 0.1) is 23.7 Å². The molecule has 1 saturated carbocycles. The first kappa shape index (κ1) is 20.0. The molecule has 0 radical (unpaired) electrons. The molecule has 27 heavy (non-hydrogen) atoms. The Kier molecular flexibility index (Phi) is 6.63. The SMILES string of the molecule is CC#CC[C@@H](C)[C@@H](O)/C=C/[C@H]1[C@@H]2c3cccc(CCCC)c3O[C@@H]2C[C@@H]1O. The van der Waals surface area contributed by atoms with Gasteiger partial charge in [-0.3, -0.25) is 0 Å². The molecule has 2 aliphatic rings. The van der Waals surface area contributed by atoms with E-state index in [-0.39, 0.29) is 23.9 Å². The third-order valence-corrected chi connectivity index (χ3v) is 6.00. The Bertz CT molecular complexity index is 727. The van der Waals surface area contributed by atoms with Crippen LogP contribution in [-0.2, 0) is 6.42 Å². The van der Waals surface area contributed by atoms with Crippen molar-refractivity contribution < 1.29 is 14.9 Å². The maximum Gasteiger partial charge on any atom is 0.126 e. The second-order valence-electron chi connectivity index (χ2n) is 7.99. The van der Waals surface area contributed by atoms with Crippen molar-refractivity contribution >= 4 is 0 Å². The van der Waals surface area contributed by atoms with Crippen molar-refractivity contribution in [1.82, 2.24) is 0 Å². The molecule has 3 rings (SSSR count). The van der Waals surface area contributed by atoms with Gasteiger partial charge in [0.25, 0.3) is 0 Å². The lowest BCUT2D eigenvalue weighted by Gasteiger charge is -2.19. The molecule has 1 aromatic carbocycles. The minimum absolute atomic E-state index is 0.0169. The second kappa shape index (κ2) is 8.95. The van der Waals surface area contributed by atoms with Crippen LogP contribution in [0.1, 0.15) is 63.5 Å². The molecule has 1 fully saturated rings. The van der Waals surface area contributed by atoms with Crippen LogP contribution >= 0.6 is 0 Å². The van der Waals surface area contributed by atoms with Gasteiger partial charge < -0.3 is 14.9 Å². The maximum atomic E-state index is 10.6. The van der Waals surface area contributed by atoms with Gasteiger partial charge in [-0.2, -0.15) is 0 Å². The smallest absolute Gasteiger partial charge is 0.126 e. The normalized spacial score (nSPS) is 28.2. The largest absolute Gasteiger partial charge is 0.489 e. The van der Waals surface area contributed by atoms with Gasteiger partial charge in [0.2, 0.25) is 0 Å². The quantitative estimate of drug-likeness (QED) is 0.560. The van der Waals surface area contributed by atoms with E-state index in [0.717, 1.165) is 18.6 Å². The summed E-state index contributed by atoms with van der Waals surface area (Å²) >= 11 is 0. The first-order chi connectivity index (χ1) is 13.1. The number of aliphatic hydroxyl groups is 2. The van der Waals surface area contributed by atoms with E-state index in [2.05, 4.69) is 37.0 Å². The highest BCUT2D eigenvalue weighted by atomic mass is 16.5. The van der Waals surface area contributed by atoms with E-state index in [0.29, 0.717) is 12.8 Å². The molecule has 0 saturated heterocycles. The fourth-order valence-electron chi connectivity index (χ4n) is 4.35. The number of ether oxygens (including phenoxy) is 1. The molecule has 3 heteroatoms. The fraction of sp³-hybridized carbons (Fsp3) is 0.583. The van der Waals surface area contributed by atoms with Crippen LogP contribution in [-0.4, -0.2) is 28.5 Å². The zero-order valence-electron chi connectivity index (χ0n) is 16.7. The molecule has 1 aliphatic carbocycles. The molecular weight excluding hydrogens is 336 g/mol. The molecule has 0 amide bonds. The van der Waals surface area contributed by atoms with Crippen LogP contribution in [0.15, 0.2) is 30.4 Å². The molecule has 2 N–H and O–H groups in total. The number of rotatable bonds is 7. The van der Waals surface area contributed by atoms with E-state index in [1.807, 2.05) is 26.0 Å². The Morgan fingerprint density at radius 3 is 2.93 bits per heavy atom. The van der Waals surface area contributed by atoms with Gasteiger partial charge in [-0.1, -0.05) is 50.6 Å². The second-order valence-corrected chi connectivity index (χ2v) is 7.99. The molecule has 0 unspecified atom stereocenters. The van der Waals surface area contributed by atoms with Crippen LogP contribution in [0.4, 0.5) is 0 Å². The summed E-state index contributed by atoms with van der Waals surface area (Å²) in [6.07, 6.45) is 7.60. The van der Waals surface area contributed by atoms with Crippen molar-refractivity contribution in [1.29, 1.82) is 0 Å². The third-order valence-electron chi connectivity index (χ3n) is 6.00. The van der Waals surface area contributed by atoms with Gasteiger partial charge in [0.1, 0.15) is 11.9 Å². The topological polar surface area (TPSA) is 49.7 Å². The Balaban J connectivity index is 1.77. The molecule has 0 aromatic heterocycles. The molecule has 0 bridgehead atoms. The van der Waals surface area contributed by atoms with E-state index in [1.165, 1.54) is 17.5 Å². The third kappa shape index (κ3) is 4.23. The minimum Gasteiger partial charge on any atom is -0.489 e. The number of aliphatic hydroxyl groups excluding tert-OH is 2. The van der Waals surface area contributed by atoms with Crippen LogP contribution in [0.3, 0.4) is 0 Å². The summed E-state index contributed by atoms with van der Waals surface area (Å²) in [6.45, 7) is 6.02. The van der Waals surface area contributed by atoms with Crippen molar-refractivity contribution in [2.45, 2.75) is 77.1 Å². The summed E-state index contributed by atoms with van der Waals surface area (Å²) in [5.74, 6) is 7.18. The lowest BCUT2D eigenvalue weighted by atomic mass is 9.86. The molecule has 6 atom stereocenters. The lowest BCUT2D eigenvalue weighted by Crippen LogP contribution is -2.19. The van der Waals surface area contributed by atoms with Crippen molar-refractivity contribution in [2.75, 3.05) is 0 Å². The van der Waals surface area contributed by atoms with E-state index >= 15 is 0 Å². The van der Waals surface area contributed by atoms with Gasteiger partial charge in [0.05, 0.1) is 12.2 Å². The Morgan fingerprint density at radius 1 is 1.37 bits per heavy atom. The lowest BCUT2D eigenvalue weighted by molar-refractivity contribution is 0.134. The number of unbranched alkanes of at least 4 members (excludes halogenated alkanes) is 1. The van der Waals surface area contributed by atoms with E-state index < -0.39 is 12.2 Å². The monoisotopic (exact) mass is 368 g/mol. The van der Waals surface area contributed by atoms with Crippen LogP contribution in [0.25, 0.3) is 0 Å². The molecule has 1 heterocycles. The summed E-state index contributed by atoms with van der Waals surface area (Å²) in [4.78, 5) is 0. The first-order valence-electron chi connectivity index (χ1n) is 10.3. The molecule has 146 valence electrons. The van der Waals surface area contributed by atoms with Crippen molar-refractivity contribution in [2.24, 2.45) is 11.8 Å². The van der Waals surface area contributed by atoms with E-state index in [9.17, 15) is 10.2 Å². The molecule has 1 aromatic rings. The number of hydrogen-bond donors (Lipinski definition) is 2. The number of fused-ring (bicyclic) bond motifs is 3. The standard InChI is InChI=1S/C24H32O3/c1-4-6-9-16(3)20(25)14-13-18-21(26)15-22-23(18)19-12-8-11-17(10-7-5-2)24(19)27-22/h8,11-14,16,18,20-23,25-26H,5,7,9-10,15H2,1-3H3/b14-13+/t16-,18-,20+,21+,22-,23-/m1/s1. The van der Waals surface area contributed by atoms with Gasteiger partial charge in [-0.05, 0) is 31.2 Å². The van der Waals surface area contributed by atoms with Crippen molar-refractivity contribution in [3.05, 3.63) is 41.5 Å². The summed E-state index contributed by atoms with van der Waals surface area (Å²) in [5, 5.41) is 21.0. The average molecular weight is 369 g/mol. The average Bonchev–Trinajstić information content (AvgIpc) is 3.17. The summed E-state index contributed by atoms with van der Waals surface area (Å²) in [7, 11) is 0. The number of para-hydroxylation sites is 1. The number of hydrogen-bond acceptors (Lipinski definition) is 3. The highest BCUT2D eigenvalue weighted by Gasteiger charge is 2.48. The Labute approximate surface area is 163 Å². The Morgan fingerprint density at radius 2 is 2.19 bits per heavy atom. The predicted octanol–water partition coefficient (Wildman–Crippen LogP) is 4.22. The summed E-state index contributed by atoms with van der Waals surface area (Å²) in [6, 6.07) is 6.42. The predicted molar refractivity (Wildman–Crippen MR) is 109 cm³/mol. The molecular formula is C24H32O3. The van der Waals surface area contributed by atoms with Gasteiger partial charge in [-0.25, -0.2) is 0 Å². The van der Waals surface area contributed by atoms with Gasteiger partial charge >= 0.3 is 0 Å². The summed E-state index contributed by atoms with van der Waals surface area (Å²) in [5.41, 5.74) is 2.51. The highest BCUT2D eigenvalue weighted by Crippen LogP contribution is 2.52. The van der Waals surface area contributed by atoms with Crippen LogP contribution < -0.4 is 4.74 Å². The first-order valence-corrected chi connectivity index (χ1v) is 10.3. The molecule has 1 aliphatic heterocycles. The highest BCUT2D eigenvalue weighted by molar-refractivity contribution is 5.49. The zero-order valence-corrected chi connectivity index (χ0v) is 16.7. The van der Waals surface area contributed by atoms with E-state index in [4.69, 9.17) is 4.74 Å². The Hall–Kier alpha value is -1.76. The van der Waals surface area contributed by atoms with Crippen molar-refractivity contribution in [3.63, 3.8) is 0 Å². The van der Waals surface area contributed by atoms with Gasteiger partial charge in [0.15, 0.2) is 0 Å². The minimum atomic E-state index is -0.546.